The summed E-state index contributed by atoms with van der Waals surface area (Å²) >= 11 is 0. The molecule has 1 amide bonds. The van der Waals surface area contributed by atoms with Gasteiger partial charge in [0, 0.05) is 30.9 Å². The quantitative estimate of drug-likeness (QED) is 0.849. The van der Waals surface area contributed by atoms with E-state index in [-0.39, 0.29) is 5.91 Å². The number of aromatic amines is 1. The highest BCUT2D eigenvalue weighted by molar-refractivity contribution is 5.92. The SMILES string of the molecule is CC(C)c1cc(C(=O)N2CCC3CCC(C2)N3)n[nH]1. The first kappa shape index (κ1) is 12.7. The molecule has 19 heavy (non-hydrogen) atoms. The van der Waals surface area contributed by atoms with E-state index < -0.39 is 0 Å². The second-order valence-corrected chi connectivity index (χ2v) is 6.04. The average molecular weight is 262 g/mol. The molecule has 2 fully saturated rings. The fourth-order valence-electron chi connectivity index (χ4n) is 3.03. The number of amides is 1. The van der Waals surface area contributed by atoms with Crippen LogP contribution in [-0.2, 0) is 0 Å². The number of likely N-dealkylation sites (tertiary alicyclic amines) is 1. The fourth-order valence-corrected chi connectivity index (χ4v) is 3.03. The number of H-pyrrole nitrogens is 1. The average Bonchev–Trinajstić information content (AvgIpc) is 2.95. The summed E-state index contributed by atoms with van der Waals surface area (Å²) < 4.78 is 0. The van der Waals surface area contributed by atoms with E-state index in [2.05, 4.69) is 29.4 Å². The molecule has 2 atom stereocenters. The Balaban J connectivity index is 1.72. The molecule has 0 radical (unpaired) electrons. The van der Waals surface area contributed by atoms with Crippen LogP contribution in [0.1, 0.15) is 55.2 Å². The lowest BCUT2D eigenvalue weighted by Gasteiger charge is -2.23. The van der Waals surface area contributed by atoms with Gasteiger partial charge in [-0.05, 0) is 31.2 Å². The molecule has 2 saturated heterocycles. The molecule has 3 heterocycles. The standard InChI is InChI=1S/C14H22N4O/c1-9(2)12-7-13(17-16-12)14(19)18-6-5-10-3-4-11(8-18)15-10/h7,9-11,15H,3-6,8H2,1-2H3,(H,16,17). The van der Waals surface area contributed by atoms with Gasteiger partial charge in [0.2, 0.25) is 0 Å². The lowest BCUT2D eigenvalue weighted by molar-refractivity contribution is 0.0742. The van der Waals surface area contributed by atoms with Gasteiger partial charge in [-0.25, -0.2) is 0 Å². The van der Waals surface area contributed by atoms with Crippen LogP contribution in [0.2, 0.25) is 0 Å². The maximum absolute atomic E-state index is 12.5. The van der Waals surface area contributed by atoms with Crippen LogP contribution in [0.25, 0.3) is 0 Å². The lowest BCUT2D eigenvalue weighted by Crippen LogP contribution is -2.39. The van der Waals surface area contributed by atoms with Crippen LogP contribution >= 0.6 is 0 Å². The smallest absolute Gasteiger partial charge is 0.274 e. The summed E-state index contributed by atoms with van der Waals surface area (Å²) in [4.78, 5) is 14.4. The van der Waals surface area contributed by atoms with Gasteiger partial charge in [0.25, 0.3) is 5.91 Å². The molecule has 1 aromatic heterocycles. The Kier molecular flexibility index (Phi) is 3.31. The van der Waals surface area contributed by atoms with Gasteiger partial charge in [-0.15, -0.1) is 0 Å². The highest BCUT2D eigenvalue weighted by Crippen LogP contribution is 2.21. The van der Waals surface area contributed by atoms with Crippen molar-refractivity contribution < 1.29 is 4.79 Å². The Morgan fingerprint density at radius 2 is 2.16 bits per heavy atom. The van der Waals surface area contributed by atoms with Gasteiger partial charge in [-0.1, -0.05) is 13.8 Å². The molecule has 3 rings (SSSR count). The highest BCUT2D eigenvalue weighted by atomic mass is 16.2. The van der Waals surface area contributed by atoms with Gasteiger partial charge in [0.15, 0.2) is 0 Å². The van der Waals surface area contributed by atoms with Gasteiger partial charge >= 0.3 is 0 Å². The molecule has 5 nitrogen and oxygen atoms in total. The first-order valence-electron chi connectivity index (χ1n) is 7.24. The third kappa shape index (κ3) is 2.52. The van der Waals surface area contributed by atoms with Gasteiger partial charge in [0.1, 0.15) is 5.69 Å². The summed E-state index contributed by atoms with van der Waals surface area (Å²) in [6.07, 6.45) is 3.50. The minimum Gasteiger partial charge on any atom is -0.336 e. The monoisotopic (exact) mass is 262 g/mol. The zero-order valence-corrected chi connectivity index (χ0v) is 11.6. The Morgan fingerprint density at radius 3 is 2.89 bits per heavy atom. The van der Waals surface area contributed by atoms with Gasteiger partial charge < -0.3 is 10.2 Å². The van der Waals surface area contributed by atoms with Crippen molar-refractivity contribution in [2.24, 2.45) is 0 Å². The molecule has 2 aliphatic rings. The van der Waals surface area contributed by atoms with Crippen molar-refractivity contribution in [3.8, 4) is 0 Å². The Hall–Kier alpha value is -1.36. The number of aromatic nitrogens is 2. The second kappa shape index (κ2) is 4.96. The molecule has 104 valence electrons. The van der Waals surface area contributed by atoms with Crippen LogP contribution in [0, 0.1) is 0 Å². The number of fused-ring (bicyclic) bond motifs is 2. The molecular weight excluding hydrogens is 240 g/mol. The molecule has 0 spiro atoms. The number of rotatable bonds is 2. The minimum atomic E-state index is 0.0671. The van der Waals surface area contributed by atoms with Crippen LogP contribution in [0.3, 0.4) is 0 Å². The van der Waals surface area contributed by atoms with Crippen molar-refractivity contribution in [1.29, 1.82) is 0 Å². The number of carbonyl (C=O) groups excluding carboxylic acids is 1. The summed E-state index contributed by atoms with van der Waals surface area (Å²) in [5, 5.41) is 10.7. The normalized spacial score (nSPS) is 26.8. The molecule has 0 saturated carbocycles. The minimum absolute atomic E-state index is 0.0671. The largest absolute Gasteiger partial charge is 0.336 e. The van der Waals surface area contributed by atoms with Crippen molar-refractivity contribution in [2.45, 2.75) is 51.1 Å². The number of carbonyl (C=O) groups is 1. The van der Waals surface area contributed by atoms with Crippen molar-refractivity contribution in [3.63, 3.8) is 0 Å². The van der Waals surface area contributed by atoms with Crippen molar-refractivity contribution in [2.75, 3.05) is 13.1 Å². The van der Waals surface area contributed by atoms with Gasteiger partial charge in [0.05, 0.1) is 0 Å². The maximum atomic E-state index is 12.5. The lowest BCUT2D eigenvalue weighted by atomic mass is 10.1. The number of nitrogens with zero attached hydrogens (tertiary/aromatic N) is 2. The zero-order valence-electron chi connectivity index (χ0n) is 11.6. The third-order valence-electron chi connectivity index (χ3n) is 4.25. The van der Waals surface area contributed by atoms with E-state index in [0.717, 1.165) is 25.2 Å². The van der Waals surface area contributed by atoms with E-state index >= 15 is 0 Å². The van der Waals surface area contributed by atoms with E-state index in [9.17, 15) is 4.79 Å². The van der Waals surface area contributed by atoms with Gasteiger partial charge in [-0.3, -0.25) is 9.89 Å². The predicted octanol–water partition coefficient (Wildman–Crippen LogP) is 1.50. The van der Waals surface area contributed by atoms with E-state index in [1.54, 1.807) is 0 Å². The topological polar surface area (TPSA) is 61.0 Å². The fraction of sp³-hybridized carbons (Fsp3) is 0.714. The zero-order chi connectivity index (χ0) is 13.4. The van der Waals surface area contributed by atoms with Crippen LogP contribution in [0.15, 0.2) is 6.07 Å². The van der Waals surface area contributed by atoms with E-state index in [1.807, 2.05) is 11.0 Å². The first-order valence-corrected chi connectivity index (χ1v) is 7.24. The Labute approximate surface area is 113 Å². The molecule has 0 aromatic carbocycles. The van der Waals surface area contributed by atoms with Crippen LogP contribution in [0.4, 0.5) is 0 Å². The summed E-state index contributed by atoms with van der Waals surface area (Å²) in [5.74, 6) is 0.438. The number of nitrogens with one attached hydrogen (secondary N) is 2. The summed E-state index contributed by atoms with van der Waals surface area (Å²) in [6.45, 7) is 5.85. The summed E-state index contributed by atoms with van der Waals surface area (Å²) in [5.41, 5.74) is 1.58. The van der Waals surface area contributed by atoms with Crippen LogP contribution in [0.5, 0.6) is 0 Å². The van der Waals surface area contributed by atoms with Crippen molar-refractivity contribution in [3.05, 3.63) is 17.5 Å². The Morgan fingerprint density at radius 1 is 1.37 bits per heavy atom. The molecule has 2 aliphatic heterocycles. The molecule has 5 heteroatoms. The van der Waals surface area contributed by atoms with Gasteiger partial charge in [-0.2, -0.15) is 5.10 Å². The third-order valence-corrected chi connectivity index (χ3v) is 4.25. The molecule has 2 N–H and O–H groups in total. The maximum Gasteiger partial charge on any atom is 0.274 e. The van der Waals surface area contributed by atoms with Crippen LogP contribution in [-0.4, -0.2) is 46.2 Å². The molecular formula is C14H22N4O. The molecule has 2 unspecified atom stereocenters. The molecule has 0 aliphatic carbocycles. The van der Waals surface area contributed by atoms with E-state index in [0.29, 0.717) is 23.7 Å². The second-order valence-electron chi connectivity index (χ2n) is 6.04. The highest BCUT2D eigenvalue weighted by Gasteiger charge is 2.32. The number of hydrogen-bond donors (Lipinski definition) is 2. The van der Waals surface area contributed by atoms with Crippen molar-refractivity contribution in [1.82, 2.24) is 20.4 Å². The molecule has 1 aromatic rings. The van der Waals surface area contributed by atoms with Crippen molar-refractivity contribution >= 4 is 5.91 Å². The first-order chi connectivity index (χ1) is 9.13. The van der Waals surface area contributed by atoms with E-state index in [1.165, 1.54) is 12.8 Å². The molecule has 2 bridgehead atoms. The Bertz CT molecular complexity index is 468. The summed E-state index contributed by atoms with van der Waals surface area (Å²) in [6, 6.07) is 2.97. The van der Waals surface area contributed by atoms with Crippen LogP contribution < -0.4 is 5.32 Å². The number of hydrogen-bond acceptors (Lipinski definition) is 3. The predicted molar refractivity (Wildman–Crippen MR) is 73.1 cm³/mol. The summed E-state index contributed by atoms with van der Waals surface area (Å²) in [7, 11) is 0. The van der Waals surface area contributed by atoms with E-state index in [4.69, 9.17) is 0 Å².